The van der Waals surface area contributed by atoms with Crippen LogP contribution in [0.4, 0.5) is 0 Å². The predicted molar refractivity (Wildman–Crippen MR) is 132 cm³/mol. The van der Waals surface area contributed by atoms with Crippen molar-refractivity contribution in [3.05, 3.63) is 81.2 Å². The molecule has 0 saturated carbocycles. The Morgan fingerprint density at radius 3 is 2.65 bits per heavy atom. The molecule has 0 radical (unpaired) electrons. The van der Waals surface area contributed by atoms with Crippen molar-refractivity contribution in [2.45, 2.75) is 6.54 Å². The van der Waals surface area contributed by atoms with Crippen LogP contribution in [-0.2, 0) is 6.54 Å². The topological polar surface area (TPSA) is 80.0 Å². The van der Waals surface area contributed by atoms with Gasteiger partial charge in [0.15, 0.2) is 0 Å². The van der Waals surface area contributed by atoms with Gasteiger partial charge in [0.2, 0.25) is 4.96 Å². The zero-order chi connectivity index (χ0) is 23.7. The highest BCUT2D eigenvalue weighted by molar-refractivity contribution is 7.19. The molecule has 10 heteroatoms. The smallest absolute Gasteiger partial charge is 0.275 e. The Labute approximate surface area is 205 Å². The molecule has 1 fully saturated rings. The van der Waals surface area contributed by atoms with Crippen LogP contribution in [0.1, 0.15) is 16.1 Å². The summed E-state index contributed by atoms with van der Waals surface area (Å²) in [6.07, 6.45) is 0. The predicted octanol–water partition coefficient (Wildman–Crippen LogP) is 3.44. The molecule has 8 nitrogen and oxygen atoms in total. The van der Waals surface area contributed by atoms with E-state index < -0.39 is 0 Å². The van der Waals surface area contributed by atoms with Crippen LogP contribution < -0.4 is 10.3 Å². The van der Waals surface area contributed by atoms with Crippen molar-refractivity contribution in [1.82, 2.24) is 24.4 Å². The normalized spacial score (nSPS) is 14.5. The van der Waals surface area contributed by atoms with Crippen LogP contribution in [0.5, 0.6) is 5.75 Å². The molecule has 2 aromatic carbocycles. The van der Waals surface area contributed by atoms with Gasteiger partial charge in [0.05, 0.1) is 12.8 Å². The number of carbonyl (C=O) groups is 1. The molecule has 0 bridgehead atoms. The molecule has 1 aliphatic rings. The third kappa shape index (κ3) is 4.68. The van der Waals surface area contributed by atoms with E-state index in [1.54, 1.807) is 31.4 Å². The molecule has 0 unspecified atom stereocenters. The van der Waals surface area contributed by atoms with Gasteiger partial charge >= 0.3 is 0 Å². The Morgan fingerprint density at radius 2 is 1.88 bits per heavy atom. The summed E-state index contributed by atoms with van der Waals surface area (Å²) in [5, 5.41) is 5.70. The summed E-state index contributed by atoms with van der Waals surface area (Å²) in [4.78, 5) is 34.7. The summed E-state index contributed by atoms with van der Waals surface area (Å²) in [6, 6.07) is 16.1. The molecule has 1 aliphatic heterocycles. The molecule has 1 saturated heterocycles. The van der Waals surface area contributed by atoms with Gasteiger partial charge in [-0.15, -0.1) is 0 Å². The van der Waals surface area contributed by atoms with E-state index >= 15 is 0 Å². The van der Waals surface area contributed by atoms with Gasteiger partial charge in [0.1, 0.15) is 10.8 Å². The number of halogens is 1. The standard InChI is InChI=1S/C24H22ClN5O3S/c1-33-20-7-3-4-16(13-20)22-27-30-21(31)14-19(26-24(30)34-22)15-28-8-10-29(11-9-28)23(32)17-5-2-6-18(25)12-17/h2-7,12-14H,8-11,15H2,1H3. The van der Waals surface area contributed by atoms with Gasteiger partial charge in [-0.3, -0.25) is 14.5 Å². The lowest BCUT2D eigenvalue weighted by molar-refractivity contribution is 0.0627. The fraction of sp³-hybridized carbons (Fsp3) is 0.250. The van der Waals surface area contributed by atoms with Crippen molar-refractivity contribution in [1.29, 1.82) is 0 Å². The zero-order valence-electron chi connectivity index (χ0n) is 18.5. The lowest BCUT2D eigenvalue weighted by Gasteiger charge is -2.34. The van der Waals surface area contributed by atoms with Crippen molar-refractivity contribution in [3.8, 4) is 16.3 Å². The van der Waals surface area contributed by atoms with Crippen LogP contribution in [-0.4, -0.2) is 63.6 Å². The van der Waals surface area contributed by atoms with Crippen LogP contribution in [0, 0.1) is 0 Å². The van der Waals surface area contributed by atoms with E-state index in [-0.39, 0.29) is 11.5 Å². The van der Waals surface area contributed by atoms with Crippen LogP contribution >= 0.6 is 22.9 Å². The number of aromatic nitrogens is 3. The third-order valence-electron chi connectivity index (χ3n) is 5.73. The Balaban J connectivity index is 1.28. The van der Waals surface area contributed by atoms with Crippen molar-refractivity contribution >= 4 is 33.8 Å². The second-order valence-electron chi connectivity index (χ2n) is 8.00. The van der Waals surface area contributed by atoms with Gasteiger partial charge in [-0.25, -0.2) is 4.98 Å². The van der Waals surface area contributed by atoms with E-state index in [2.05, 4.69) is 15.0 Å². The van der Waals surface area contributed by atoms with Gasteiger partial charge in [-0.2, -0.15) is 9.61 Å². The number of rotatable bonds is 5. The highest BCUT2D eigenvalue weighted by atomic mass is 35.5. The van der Waals surface area contributed by atoms with E-state index in [0.717, 1.165) is 11.3 Å². The molecule has 0 aliphatic carbocycles. The minimum absolute atomic E-state index is 0.0188. The molecular formula is C24H22ClN5O3S. The number of hydrogen-bond donors (Lipinski definition) is 0. The van der Waals surface area contributed by atoms with Crippen molar-refractivity contribution in [2.24, 2.45) is 0 Å². The second kappa shape index (κ2) is 9.54. The highest BCUT2D eigenvalue weighted by Gasteiger charge is 2.23. The van der Waals surface area contributed by atoms with Crippen molar-refractivity contribution < 1.29 is 9.53 Å². The minimum atomic E-state index is -0.208. The summed E-state index contributed by atoms with van der Waals surface area (Å²) < 4.78 is 6.63. The number of hydrogen-bond acceptors (Lipinski definition) is 7. The summed E-state index contributed by atoms with van der Waals surface area (Å²) in [7, 11) is 1.61. The van der Waals surface area contributed by atoms with Gasteiger partial charge in [-0.1, -0.05) is 41.1 Å². The number of ether oxygens (including phenoxy) is 1. The first kappa shape index (κ1) is 22.5. The molecule has 5 rings (SSSR count). The Bertz CT molecular complexity index is 1410. The molecule has 3 heterocycles. The van der Waals surface area contributed by atoms with E-state index in [1.165, 1.54) is 21.9 Å². The molecule has 0 atom stereocenters. The Hall–Kier alpha value is -3.27. The maximum Gasteiger partial charge on any atom is 0.275 e. The van der Waals surface area contributed by atoms with E-state index in [1.807, 2.05) is 29.2 Å². The minimum Gasteiger partial charge on any atom is -0.497 e. The van der Waals surface area contributed by atoms with Crippen LogP contribution in [0.25, 0.3) is 15.5 Å². The number of fused-ring (bicyclic) bond motifs is 1. The molecular weight excluding hydrogens is 474 g/mol. The SMILES string of the molecule is COc1cccc(-c2nn3c(=O)cc(CN4CCN(C(=O)c5cccc(Cl)c5)CC4)nc3s2)c1. The number of methoxy groups -OCH3 is 1. The average molecular weight is 496 g/mol. The third-order valence-corrected chi connectivity index (χ3v) is 6.92. The number of amides is 1. The van der Waals surface area contributed by atoms with E-state index in [4.69, 9.17) is 16.3 Å². The molecule has 0 N–H and O–H groups in total. The Kier molecular flexibility index (Phi) is 6.32. The maximum absolute atomic E-state index is 12.7. The molecule has 34 heavy (non-hydrogen) atoms. The van der Waals surface area contributed by atoms with Crippen molar-refractivity contribution in [3.63, 3.8) is 0 Å². The average Bonchev–Trinajstić information content (AvgIpc) is 3.29. The van der Waals surface area contributed by atoms with Crippen LogP contribution in [0.15, 0.2) is 59.4 Å². The molecule has 1 amide bonds. The number of carbonyl (C=O) groups excluding carboxylic acids is 1. The maximum atomic E-state index is 12.7. The summed E-state index contributed by atoms with van der Waals surface area (Å²) in [5.41, 5.74) is 1.95. The summed E-state index contributed by atoms with van der Waals surface area (Å²) in [5.74, 6) is 0.709. The van der Waals surface area contributed by atoms with Crippen LogP contribution in [0.2, 0.25) is 5.02 Å². The fourth-order valence-corrected chi connectivity index (χ4v) is 5.06. The monoisotopic (exact) mass is 495 g/mol. The van der Waals surface area contributed by atoms with Gasteiger partial charge in [0, 0.05) is 54.9 Å². The lowest BCUT2D eigenvalue weighted by Crippen LogP contribution is -2.48. The molecule has 174 valence electrons. The number of piperazine rings is 1. The molecule has 0 spiro atoms. The largest absolute Gasteiger partial charge is 0.497 e. The first-order chi connectivity index (χ1) is 16.5. The quantitative estimate of drug-likeness (QED) is 0.422. The summed E-state index contributed by atoms with van der Waals surface area (Å²) >= 11 is 7.39. The second-order valence-corrected chi connectivity index (χ2v) is 9.39. The lowest BCUT2D eigenvalue weighted by atomic mass is 10.2. The van der Waals surface area contributed by atoms with Crippen molar-refractivity contribution in [2.75, 3.05) is 33.3 Å². The molecule has 4 aromatic rings. The fourth-order valence-electron chi connectivity index (χ4n) is 3.95. The Morgan fingerprint density at radius 1 is 1.09 bits per heavy atom. The van der Waals surface area contributed by atoms with Gasteiger partial charge in [-0.05, 0) is 30.3 Å². The van der Waals surface area contributed by atoms with Crippen LogP contribution in [0.3, 0.4) is 0 Å². The summed E-state index contributed by atoms with van der Waals surface area (Å²) in [6.45, 7) is 3.15. The van der Waals surface area contributed by atoms with Gasteiger partial charge in [0.25, 0.3) is 11.5 Å². The van der Waals surface area contributed by atoms with Gasteiger partial charge < -0.3 is 9.64 Å². The van der Waals surface area contributed by atoms with E-state index in [9.17, 15) is 9.59 Å². The highest BCUT2D eigenvalue weighted by Crippen LogP contribution is 2.27. The molecule has 2 aromatic heterocycles. The number of benzene rings is 2. The zero-order valence-corrected chi connectivity index (χ0v) is 20.1. The van der Waals surface area contributed by atoms with E-state index in [0.29, 0.717) is 59.0 Å². The first-order valence-corrected chi connectivity index (χ1v) is 12.0. The number of nitrogens with zero attached hydrogens (tertiary/aromatic N) is 5. The first-order valence-electron chi connectivity index (χ1n) is 10.8.